The van der Waals surface area contributed by atoms with Gasteiger partial charge in [-0.1, -0.05) is 23.4 Å². The van der Waals surface area contributed by atoms with Crippen molar-refractivity contribution < 1.29 is 0 Å². The van der Waals surface area contributed by atoms with Gasteiger partial charge in [0.1, 0.15) is 11.6 Å². The standard InChI is InChI=1S/C10H6ClN3S2/c1-15-10-13-8(6-2-3-16-5-6)7(4-12)9(11)14-10/h2-3,5H,1H3. The van der Waals surface area contributed by atoms with E-state index in [0.717, 1.165) is 5.56 Å². The van der Waals surface area contributed by atoms with Crippen molar-refractivity contribution in [1.82, 2.24) is 9.97 Å². The fourth-order valence-electron chi connectivity index (χ4n) is 1.21. The monoisotopic (exact) mass is 267 g/mol. The summed E-state index contributed by atoms with van der Waals surface area (Å²) in [7, 11) is 0. The molecule has 2 rings (SSSR count). The van der Waals surface area contributed by atoms with E-state index in [2.05, 4.69) is 9.97 Å². The molecule has 0 aliphatic rings. The van der Waals surface area contributed by atoms with Gasteiger partial charge in [-0.3, -0.25) is 0 Å². The second-order valence-corrected chi connectivity index (χ2v) is 4.76. The summed E-state index contributed by atoms with van der Waals surface area (Å²) in [5.74, 6) is 0. The minimum absolute atomic E-state index is 0.211. The summed E-state index contributed by atoms with van der Waals surface area (Å²) >= 11 is 8.90. The number of nitrogens with zero attached hydrogens (tertiary/aromatic N) is 3. The first-order chi connectivity index (χ1) is 7.76. The van der Waals surface area contributed by atoms with Crippen LogP contribution in [0.2, 0.25) is 5.15 Å². The molecule has 0 radical (unpaired) electrons. The van der Waals surface area contributed by atoms with E-state index in [0.29, 0.717) is 16.4 Å². The van der Waals surface area contributed by atoms with E-state index in [1.54, 1.807) is 11.3 Å². The second-order valence-electron chi connectivity index (χ2n) is 2.85. The first-order valence-corrected chi connectivity index (χ1v) is 6.85. The number of aromatic nitrogens is 2. The fourth-order valence-corrected chi connectivity index (χ4v) is 2.48. The maximum Gasteiger partial charge on any atom is 0.189 e. The van der Waals surface area contributed by atoms with Crippen LogP contribution in [0.25, 0.3) is 11.3 Å². The van der Waals surface area contributed by atoms with Gasteiger partial charge >= 0.3 is 0 Å². The van der Waals surface area contributed by atoms with E-state index >= 15 is 0 Å². The Labute approximate surface area is 106 Å². The molecule has 0 fully saturated rings. The molecule has 16 heavy (non-hydrogen) atoms. The Morgan fingerprint density at radius 1 is 1.50 bits per heavy atom. The van der Waals surface area contributed by atoms with Crippen LogP contribution >= 0.6 is 34.7 Å². The molecule has 6 heteroatoms. The average Bonchev–Trinajstić information content (AvgIpc) is 2.81. The highest BCUT2D eigenvalue weighted by molar-refractivity contribution is 7.98. The third-order valence-electron chi connectivity index (χ3n) is 1.93. The van der Waals surface area contributed by atoms with Crippen LogP contribution in [0.4, 0.5) is 0 Å². The molecule has 2 aromatic heterocycles. The molecule has 0 spiro atoms. The van der Waals surface area contributed by atoms with Crippen LogP contribution in [-0.2, 0) is 0 Å². The minimum atomic E-state index is 0.211. The van der Waals surface area contributed by atoms with Gasteiger partial charge in [-0.05, 0) is 17.7 Å². The zero-order valence-electron chi connectivity index (χ0n) is 8.27. The van der Waals surface area contributed by atoms with Crippen molar-refractivity contribution in [3.63, 3.8) is 0 Å². The van der Waals surface area contributed by atoms with Gasteiger partial charge in [-0.25, -0.2) is 9.97 Å². The summed E-state index contributed by atoms with van der Waals surface area (Å²) in [6, 6.07) is 3.95. The van der Waals surface area contributed by atoms with Gasteiger partial charge < -0.3 is 0 Å². The molecule has 0 amide bonds. The van der Waals surface area contributed by atoms with Crippen LogP contribution < -0.4 is 0 Å². The highest BCUT2D eigenvalue weighted by atomic mass is 35.5. The molecule has 0 saturated heterocycles. The smallest absolute Gasteiger partial charge is 0.189 e. The summed E-state index contributed by atoms with van der Waals surface area (Å²) < 4.78 is 0. The number of thioether (sulfide) groups is 1. The molecule has 0 aromatic carbocycles. The molecule has 0 aliphatic carbocycles. The van der Waals surface area contributed by atoms with Crippen LogP contribution in [0.15, 0.2) is 22.0 Å². The van der Waals surface area contributed by atoms with E-state index in [4.69, 9.17) is 16.9 Å². The topological polar surface area (TPSA) is 49.6 Å². The highest BCUT2D eigenvalue weighted by Crippen LogP contribution is 2.29. The molecule has 3 nitrogen and oxygen atoms in total. The van der Waals surface area contributed by atoms with Crippen molar-refractivity contribution in [3.05, 3.63) is 27.5 Å². The lowest BCUT2D eigenvalue weighted by atomic mass is 10.1. The zero-order chi connectivity index (χ0) is 11.5. The van der Waals surface area contributed by atoms with Gasteiger partial charge in [-0.15, -0.1) is 0 Å². The largest absolute Gasteiger partial charge is 0.221 e. The Bertz CT molecular complexity index is 546. The van der Waals surface area contributed by atoms with E-state index in [1.165, 1.54) is 11.8 Å². The lowest BCUT2D eigenvalue weighted by Crippen LogP contribution is -1.95. The van der Waals surface area contributed by atoms with Gasteiger partial charge in [0.25, 0.3) is 0 Å². The number of halogens is 1. The summed E-state index contributed by atoms with van der Waals surface area (Å²) in [4.78, 5) is 8.35. The van der Waals surface area contributed by atoms with Gasteiger partial charge in [0.05, 0.1) is 5.69 Å². The van der Waals surface area contributed by atoms with Gasteiger partial charge in [0.15, 0.2) is 10.3 Å². The Morgan fingerprint density at radius 3 is 2.88 bits per heavy atom. The number of nitriles is 1. The number of hydrogen-bond donors (Lipinski definition) is 0. The zero-order valence-corrected chi connectivity index (χ0v) is 10.7. The third kappa shape index (κ3) is 2.05. The van der Waals surface area contributed by atoms with Crippen molar-refractivity contribution >= 4 is 34.7 Å². The van der Waals surface area contributed by atoms with Crippen molar-refractivity contribution in [2.45, 2.75) is 5.16 Å². The third-order valence-corrected chi connectivity index (χ3v) is 3.44. The maximum absolute atomic E-state index is 9.04. The van der Waals surface area contributed by atoms with Crippen LogP contribution in [0.5, 0.6) is 0 Å². The minimum Gasteiger partial charge on any atom is -0.221 e. The Kier molecular flexibility index (Phi) is 3.44. The van der Waals surface area contributed by atoms with E-state index in [9.17, 15) is 0 Å². The lowest BCUT2D eigenvalue weighted by Gasteiger charge is -2.04. The molecule has 0 bridgehead atoms. The SMILES string of the molecule is CSc1nc(Cl)c(C#N)c(-c2ccsc2)n1. The van der Waals surface area contributed by atoms with Crippen molar-refractivity contribution in [3.8, 4) is 17.3 Å². The molecular weight excluding hydrogens is 262 g/mol. The number of hydrogen-bond acceptors (Lipinski definition) is 5. The molecular formula is C10H6ClN3S2. The second kappa shape index (κ2) is 4.83. The molecule has 2 heterocycles. The van der Waals surface area contributed by atoms with Crippen LogP contribution in [0, 0.1) is 11.3 Å². The molecule has 80 valence electrons. The summed E-state index contributed by atoms with van der Waals surface area (Å²) in [6.07, 6.45) is 1.87. The van der Waals surface area contributed by atoms with E-state index < -0.39 is 0 Å². The number of rotatable bonds is 2. The molecule has 2 aromatic rings. The van der Waals surface area contributed by atoms with Gasteiger partial charge in [0, 0.05) is 10.9 Å². The fraction of sp³-hybridized carbons (Fsp3) is 0.100. The van der Waals surface area contributed by atoms with Gasteiger partial charge in [-0.2, -0.15) is 16.6 Å². The first kappa shape index (κ1) is 11.4. The predicted molar refractivity (Wildman–Crippen MR) is 66.9 cm³/mol. The molecule has 0 atom stereocenters. The normalized spacial score (nSPS) is 10.1. The van der Waals surface area contributed by atoms with E-state index in [1.807, 2.05) is 29.2 Å². The quantitative estimate of drug-likeness (QED) is 0.475. The first-order valence-electron chi connectivity index (χ1n) is 4.30. The molecule has 0 aliphatic heterocycles. The summed E-state index contributed by atoms with van der Waals surface area (Å²) in [5, 5.41) is 13.7. The van der Waals surface area contributed by atoms with Crippen LogP contribution in [-0.4, -0.2) is 16.2 Å². The Morgan fingerprint density at radius 2 is 2.31 bits per heavy atom. The number of thiophene rings is 1. The van der Waals surface area contributed by atoms with Crippen molar-refractivity contribution in [2.75, 3.05) is 6.26 Å². The summed E-state index contributed by atoms with van der Waals surface area (Å²) in [5.41, 5.74) is 1.84. The average molecular weight is 268 g/mol. The van der Waals surface area contributed by atoms with Crippen LogP contribution in [0.3, 0.4) is 0 Å². The highest BCUT2D eigenvalue weighted by Gasteiger charge is 2.14. The van der Waals surface area contributed by atoms with Crippen molar-refractivity contribution in [1.29, 1.82) is 5.26 Å². The van der Waals surface area contributed by atoms with E-state index in [-0.39, 0.29) is 5.15 Å². The van der Waals surface area contributed by atoms with Gasteiger partial charge in [0.2, 0.25) is 0 Å². The Hall–Kier alpha value is -1.09. The predicted octanol–water partition coefficient (Wildman–Crippen LogP) is 3.45. The molecule has 0 saturated carbocycles. The van der Waals surface area contributed by atoms with Crippen molar-refractivity contribution in [2.24, 2.45) is 0 Å². The molecule has 0 unspecified atom stereocenters. The van der Waals surface area contributed by atoms with Crippen LogP contribution in [0.1, 0.15) is 5.56 Å². The maximum atomic E-state index is 9.04. The Balaban J connectivity index is 2.67. The summed E-state index contributed by atoms with van der Waals surface area (Å²) in [6.45, 7) is 0. The lowest BCUT2D eigenvalue weighted by molar-refractivity contribution is 0.971. The molecule has 0 N–H and O–H groups in total.